The van der Waals surface area contributed by atoms with Crippen molar-refractivity contribution in [1.82, 2.24) is 5.32 Å². The van der Waals surface area contributed by atoms with Crippen LogP contribution in [-0.2, 0) is 0 Å². The van der Waals surface area contributed by atoms with Gasteiger partial charge in [0.2, 0.25) is 0 Å². The number of halogens is 1. The van der Waals surface area contributed by atoms with Crippen LogP contribution in [0.4, 0.5) is 0 Å². The SMILES string of the molecule is CNC(C)c1ccc(SC)cc1Cl. The first kappa shape index (κ1) is 10.9. The van der Waals surface area contributed by atoms with Gasteiger partial charge in [-0.1, -0.05) is 17.7 Å². The van der Waals surface area contributed by atoms with Gasteiger partial charge >= 0.3 is 0 Å². The van der Waals surface area contributed by atoms with E-state index in [1.54, 1.807) is 11.8 Å². The number of thioether (sulfide) groups is 1. The van der Waals surface area contributed by atoms with Crippen LogP contribution in [0.25, 0.3) is 0 Å². The summed E-state index contributed by atoms with van der Waals surface area (Å²) >= 11 is 7.83. The van der Waals surface area contributed by atoms with Crippen LogP contribution in [0.5, 0.6) is 0 Å². The summed E-state index contributed by atoms with van der Waals surface area (Å²) in [7, 11) is 1.93. The molecule has 1 atom stereocenters. The van der Waals surface area contributed by atoms with E-state index in [9.17, 15) is 0 Å². The summed E-state index contributed by atoms with van der Waals surface area (Å²) in [4.78, 5) is 1.21. The van der Waals surface area contributed by atoms with Gasteiger partial charge < -0.3 is 5.32 Å². The summed E-state index contributed by atoms with van der Waals surface area (Å²) in [5.41, 5.74) is 1.15. The zero-order valence-electron chi connectivity index (χ0n) is 8.10. The molecular weight excluding hydrogens is 202 g/mol. The molecule has 1 nitrogen and oxygen atoms in total. The number of nitrogens with one attached hydrogen (secondary N) is 1. The Kier molecular flexibility index (Phi) is 4.10. The van der Waals surface area contributed by atoms with Gasteiger partial charge in [0.1, 0.15) is 0 Å². The minimum atomic E-state index is 0.309. The molecule has 0 fully saturated rings. The lowest BCUT2D eigenvalue weighted by Gasteiger charge is -2.12. The van der Waals surface area contributed by atoms with Gasteiger partial charge in [-0.25, -0.2) is 0 Å². The average molecular weight is 216 g/mol. The molecule has 0 aliphatic heterocycles. The fourth-order valence-corrected chi connectivity index (χ4v) is 1.99. The molecule has 0 heterocycles. The first-order chi connectivity index (χ1) is 6.19. The van der Waals surface area contributed by atoms with Gasteiger partial charge in [-0.3, -0.25) is 0 Å². The molecule has 0 spiro atoms. The first-order valence-electron chi connectivity index (χ1n) is 4.19. The van der Waals surface area contributed by atoms with Gasteiger partial charge in [0, 0.05) is 16.0 Å². The zero-order chi connectivity index (χ0) is 9.84. The molecule has 0 aliphatic carbocycles. The van der Waals surface area contributed by atoms with Crippen LogP contribution in [0.3, 0.4) is 0 Å². The summed E-state index contributed by atoms with van der Waals surface area (Å²) < 4.78 is 0. The predicted octanol–water partition coefficient (Wildman–Crippen LogP) is 3.34. The molecule has 1 unspecified atom stereocenters. The van der Waals surface area contributed by atoms with E-state index in [1.807, 2.05) is 19.4 Å². The van der Waals surface area contributed by atoms with E-state index in [1.165, 1.54) is 4.90 Å². The fourth-order valence-electron chi connectivity index (χ4n) is 1.14. The van der Waals surface area contributed by atoms with Gasteiger partial charge in [-0.05, 0) is 37.9 Å². The van der Waals surface area contributed by atoms with Gasteiger partial charge in [0.15, 0.2) is 0 Å². The van der Waals surface area contributed by atoms with E-state index < -0.39 is 0 Å². The van der Waals surface area contributed by atoms with E-state index >= 15 is 0 Å². The van der Waals surface area contributed by atoms with E-state index in [0.29, 0.717) is 6.04 Å². The van der Waals surface area contributed by atoms with Crippen LogP contribution in [0.15, 0.2) is 23.1 Å². The molecule has 1 rings (SSSR count). The van der Waals surface area contributed by atoms with Crippen LogP contribution in [-0.4, -0.2) is 13.3 Å². The highest BCUT2D eigenvalue weighted by atomic mass is 35.5. The smallest absolute Gasteiger partial charge is 0.0464 e. The lowest BCUT2D eigenvalue weighted by atomic mass is 10.1. The Morgan fingerprint density at radius 1 is 1.46 bits per heavy atom. The standard InChI is InChI=1S/C10H14ClNS/c1-7(12-2)9-5-4-8(13-3)6-10(9)11/h4-7,12H,1-3H3. The number of benzene rings is 1. The number of hydrogen-bond donors (Lipinski definition) is 1. The lowest BCUT2D eigenvalue weighted by Crippen LogP contribution is -2.12. The number of hydrogen-bond acceptors (Lipinski definition) is 2. The normalized spacial score (nSPS) is 12.9. The summed E-state index contributed by atoms with van der Waals surface area (Å²) in [6.45, 7) is 2.10. The topological polar surface area (TPSA) is 12.0 Å². The third kappa shape index (κ3) is 2.63. The zero-order valence-corrected chi connectivity index (χ0v) is 9.67. The molecule has 13 heavy (non-hydrogen) atoms. The highest BCUT2D eigenvalue weighted by Crippen LogP contribution is 2.27. The van der Waals surface area contributed by atoms with E-state index in [2.05, 4.69) is 24.4 Å². The second kappa shape index (κ2) is 4.89. The van der Waals surface area contributed by atoms with Crippen molar-refractivity contribution >= 4 is 23.4 Å². The van der Waals surface area contributed by atoms with Crippen molar-refractivity contribution in [2.75, 3.05) is 13.3 Å². The molecular formula is C10H14ClNS. The Balaban J connectivity index is 2.98. The monoisotopic (exact) mass is 215 g/mol. The molecule has 0 saturated heterocycles. The van der Waals surface area contributed by atoms with Crippen molar-refractivity contribution in [2.45, 2.75) is 17.9 Å². The van der Waals surface area contributed by atoms with Crippen molar-refractivity contribution in [1.29, 1.82) is 0 Å². The van der Waals surface area contributed by atoms with Crippen molar-refractivity contribution < 1.29 is 0 Å². The van der Waals surface area contributed by atoms with Crippen LogP contribution < -0.4 is 5.32 Å². The Labute approximate surface area is 88.9 Å². The van der Waals surface area contributed by atoms with Crippen LogP contribution in [0, 0.1) is 0 Å². The predicted molar refractivity (Wildman–Crippen MR) is 60.7 cm³/mol. The summed E-state index contributed by atoms with van der Waals surface area (Å²) in [6, 6.07) is 6.49. The lowest BCUT2D eigenvalue weighted by molar-refractivity contribution is 0.652. The molecule has 0 radical (unpaired) electrons. The van der Waals surface area contributed by atoms with Gasteiger partial charge in [0.25, 0.3) is 0 Å². The molecule has 0 aromatic heterocycles. The minimum absolute atomic E-state index is 0.309. The third-order valence-electron chi connectivity index (χ3n) is 2.11. The Morgan fingerprint density at radius 3 is 2.62 bits per heavy atom. The molecule has 1 N–H and O–H groups in total. The minimum Gasteiger partial charge on any atom is -0.313 e. The van der Waals surface area contributed by atoms with Gasteiger partial charge in [0.05, 0.1) is 0 Å². The summed E-state index contributed by atoms with van der Waals surface area (Å²) in [5.74, 6) is 0. The van der Waals surface area contributed by atoms with Crippen molar-refractivity contribution in [3.8, 4) is 0 Å². The maximum atomic E-state index is 6.13. The quantitative estimate of drug-likeness (QED) is 0.777. The Hall–Kier alpha value is -0.180. The van der Waals surface area contributed by atoms with Gasteiger partial charge in [-0.2, -0.15) is 0 Å². The molecule has 3 heteroatoms. The maximum Gasteiger partial charge on any atom is 0.0464 e. The molecule has 1 aromatic carbocycles. The molecule has 1 aromatic rings. The maximum absolute atomic E-state index is 6.13. The fraction of sp³-hybridized carbons (Fsp3) is 0.400. The van der Waals surface area contributed by atoms with E-state index in [4.69, 9.17) is 11.6 Å². The van der Waals surface area contributed by atoms with E-state index in [-0.39, 0.29) is 0 Å². The largest absolute Gasteiger partial charge is 0.313 e. The average Bonchev–Trinajstić information content (AvgIpc) is 2.16. The van der Waals surface area contributed by atoms with Crippen molar-refractivity contribution in [2.24, 2.45) is 0 Å². The molecule has 0 saturated carbocycles. The van der Waals surface area contributed by atoms with E-state index in [0.717, 1.165) is 10.6 Å². The highest BCUT2D eigenvalue weighted by molar-refractivity contribution is 7.98. The summed E-state index contributed by atoms with van der Waals surface area (Å²) in [6.07, 6.45) is 2.05. The third-order valence-corrected chi connectivity index (χ3v) is 3.16. The van der Waals surface area contributed by atoms with Gasteiger partial charge in [-0.15, -0.1) is 11.8 Å². The van der Waals surface area contributed by atoms with Crippen LogP contribution in [0.1, 0.15) is 18.5 Å². The molecule has 0 amide bonds. The Morgan fingerprint density at radius 2 is 2.15 bits per heavy atom. The highest BCUT2D eigenvalue weighted by Gasteiger charge is 2.07. The van der Waals surface area contributed by atoms with Crippen molar-refractivity contribution in [3.63, 3.8) is 0 Å². The van der Waals surface area contributed by atoms with Crippen LogP contribution in [0.2, 0.25) is 5.02 Å². The van der Waals surface area contributed by atoms with Crippen molar-refractivity contribution in [3.05, 3.63) is 28.8 Å². The first-order valence-corrected chi connectivity index (χ1v) is 5.80. The molecule has 72 valence electrons. The molecule has 0 bridgehead atoms. The molecule has 0 aliphatic rings. The second-order valence-electron chi connectivity index (χ2n) is 2.90. The Bertz CT molecular complexity index is 288. The van der Waals surface area contributed by atoms with Crippen LogP contribution >= 0.6 is 23.4 Å². The number of rotatable bonds is 3. The summed E-state index contributed by atoms with van der Waals surface area (Å²) in [5, 5.41) is 4.01. The second-order valence-corrected chi connectivity index (χ2v) is 4.18.